The molecule has 2 aromatic rings. The van der Waals surface area contributed by atoms with E-state index in [4.69, 9.17) is 0 Å². The van der Waals surface area contributed by atoms with E-state index in [-0.39, 0.29) is 5.56 Å². The van der Waals surface area contributed by atoms with Crippen LogP contribution in [0.25, 0.3) is 0 Å². The maximum Gasteiger partial charge on any atom is 0.386 e. The van der Waals surface area contributed by atoms with Gasteiger partial charge in [0.05, 0.1) is 16.9 Å². The maximum atomic E-state index is 10.5. The van der Waals surface area contributed by atoms with E-state index in [1.165, 1.54) is 12.1 Å². The first-order valence-corrected chi connectivity index (χ1v) is 5.04. The summed E-state index contributed by atoms with van der Waals surface area (Å²) in [6, 6.07) is 15.3. The van der Waals surface area contributed by atoms with Crippen molar-refractivity contribution in [1.82, 2.24) is 0 Å². The lowest BCUT2D eigenvalue weighted by Gasteiger charge is -1.94. The molecule has 0 atom stereocenters. The predicted octanol–water partition coefficient (Wildman–Crippen LogP) is 3.67. The minimum Gasteiger partial charge on any atom is -0.242 e. The summed E-state index contributed by atoms with van der Waals surface area (Å²) in [5.74, 6) is -1.20. The number of hydrogen-bond donors (Lipinski definition) is 0. The van der Waals surface area contributed by atoms with Crippen molar-refractivity contribution in [3.05, 3.63) is 60.2 Å². The molecule has 4 nitrogen and oxygen atoms in total. The molecule has 0 unspecified atom stereocenters. The van der Waals surface area contributed by atoms with Crippen molar-refractivity contribution in [2.75, 3.05) is 0 Å². The molecule has 0 aromatic heterocycles. The van der Waals surface area contributed by atoms with Gasteiger partial charge in [0.2, 0.25) is 0 Å². The lowest BCUT2D eigenvalue weighted by atomic mass is 10.2. The van der Waals surface area contributed by atoms with Crippen LogP contribution in [0, 0.1) is 0 Å². The van der Waals surface area contributed by atoms with Crippen LogP contribution >= 0.6 is 0 Å². The van der Waals surface area contributed by atoms with Gasteiger partial charge < -0.3 is 0 Å². The zero-order valence-electron chi connectivity index (χ0n) is 8.91. The minimum absolute atomic E-state index is 0.128. The fourth-order valence-electron chi connectivity index (χ4n) is 1.27. The van der Waals surface area contributed by atoms with Crippen molar-refractivity contribution in [1.29, 1.82) is 0 Å². The van der Waals surface area contributed by atoms with E-state index in [1.807, 2.05) is 30.3 Å². The monoisotopic (exact) mass is 225 g/mol. The Bertz CT molecular complexity index is 533. The van der Waals surface area contributed by atoms with E-state index < -0.39 is 5.97 Å². The lowest BCUT2D eigenvalue weighted by molar-refractivity contribution is 0.0573. The summed E-state index contributed by atoms with van der Waals surface area (Å²) in [5, 5.41) is 18.5. The number of nitrogens with zero attached hydrogens (tertiary/aromatic N) is 2. The Hall–Kier alpha value is -2.49. The normalized spacial score (nSPS) is 10.6. The fraction of sp³-hybridized carbons (Fsp3) is 0. The third-order valence-electron chi connectivity index (χ3n) is 2.14. The van der Waals surface area contributed by atoms with Gasteiger partial charge in [-0.05, 0) is 36.4 Å². The number of carbonyl (C=O) groups excluding carboxylic acids is 1. The lowest BCUT2D eigenvalue weighted by Crippen LogP contribution is -1.91. The second-order valence-electron chi connectivity index (χ2n) is 3.37. The van der Waals surface area contributed by atoms with E-state index in [2.05, 4.69) is 10.2 Å². The molecule has 2 aromatic carbocycles. The number of rotatable bonds is 3. The summed E-state index contributed by atoms with van der Waals surface area (Å²) in [4.78, 5) is 10.5. The molecule has 0 saturated heterocycles. The standard InChI is InChI=1S/C13H9N2O2/c16-13(17)10-6-8-12(9-7-10)15-14-11-4-2-1-3-5-11/h1-9H. The molecular formula is C13H9N2O2. The van der Waals surface area contributed by atoms with Gasteiger partial charge in [0.1, 0.15) is 0 Å². The van der Waals surface area contributed by atoms with Gasteiger partial charge in [-0.1, -0.05) is 18.2 Å². The Labute approximate surface area is 98.3 Å². The SMILES string of the molecule is [O]C(=O)c1ccc(N=Nc2ccccc2)cc1. The molecule has 2 rings (SSSR count). The van der Waals surface area contributed by atoms with Crippen LogP contribution in [0.5, 0.6) is 0 Å². The summed E-state index contributed by atoms with van der Waals surface area (Å²) in [5.41, 5.74) is 1.47. The molecule has 0 aliphatic heterocycles. The smallest absolute Gasteiger partial charge is 0.242 e. The molecule has 83 valence electrons. The number of carbonyl (C=O) groups is 1. The summed E-state index contributed by atoms with van der Waals surface area (Å²) in [6.07, 6.45) is 0. The molecule has 0 aliphatic carbocycles. The Morgan fingerprint density at radius 1 is 0.765 bits per heavy atom. The fourth-order valence-corrected chi connectivity index (χ4v) is 1.27. The molecule has 4 heteroatoms. The van der Waals surface area contributed by atoms with E-state index in [0.717, 1.165) is 5.69 Å². The average Bonchev–Trinajstić information content (AvgIpc) is 2.38. The van der Waals surface area contributed by atoms with Crippen molar-refractivity contribution in [2.24, 2.45) is 10.2 Å². The highest BCUT2D eigenvalue weighted by Crippen LogP contribution is 2.18. The van der Waals surface area contributed by atoms with Gasteiger partial charge in [-0.3, -0.25) is 0 Å². The topological polar surface area (TPSA) is 61.7 Å². The summed E-state index contributed by atoms with van der Waals surface area (Å²) in [7, 11) is 0. The first kappa shape index (κ1) is 11.0. The first-order valence-electron chi connectivity index (χ1n) is 5.04. The summed E-state index contributed by atoms with van der Waals surface area (Å²) in [6.45, 7) is 0. The van der Waals surface area contributed by atoms with Gasteiger partial charge in [0, 0.05) is 0 Å². The number of azo groups is 1. The van der Waals surface area contributed by atoms with Gasteiger partial charge in [-0.25, -0.2) is 9.90 Å². The zero-order chi connectivity index (χ0) is 12.1. The molecule has 0 saturated carbocycles. The number of benzene rings is 2. The summed E-state index contributed by atoms with van der Waals surface area (Å²) < 4.78 is 0. The third kappa shape index (κ3) is 2.98. The van der Waals surface area contributed by atoms with Gasteiger partial charge >= 0.3 is 5.97 Å². The van der Waals surface area contributed by atoms with Crippen LogP contribution in [0.4, 0.5) is 11.4 Å². The van der Waals surface area contributed by atoms with E-state index in [9.17, 15) is 9.90 Å². The molecule has 0 fully saturated rings. The van der Waals surface area contributed by atoms with Crippen LogP contribution in [-0.4, -0.2) is 5.97 Å². The molecular weight excluding hydrogens is 216 g/mol. The van der Waals surface area contributed by atoms with Crippen LogP contribution in [0.15, 0.2) is 64.8 Å². The van der Waals surface area contributed by atoms with E-state index in [0.29, 0.717) is 5.69 Å². The van der Waals surface area contributed by atoms with Crippen LogP contribution < -0.4 is 0 Å². The molecule has 0 spiro atoms. The number of hydrogen-bond acceptors (Lipinski definition) is 3. The molecule has 17 heavy (non-hydrogen) atoms. The highest BCUT2D eigenvalue weighted by molar-refractivity contribution is 5.87. The Balaban J connectivity index is 2.14. The molecule has 0 N–H and O–H groups in total. The van der Waals surface area contributed by atoms with Crippen LogP contribution in [0.3, 0.4) is 0 Å². The molecule has 0 heterocycles. The van der Waals surface area contributed by atoms with Crippen LogP contribution in [0.1, 0.15) is 10.4 Å². The highest BCUT2D eigenvalue weighted by atomic mass is 16.4. The maximum absolute atomic E-state index is 10.5. The van der Waals surface area contributed by atoms with Crippen LogP contribution in [-0.2, 0) is 5.11 Å². The van der Waals surface area contributed by atoms with Crippen LogP contribution in [0.2, 0.25) is 0 Å². The van der Waals surface area contributed by atoms with E-state index >= 15 is 0 Å². The highest BCUT2D eigenvalue weighted by Gasteiger charge is 2.03. The zero-order valence-corrected chi connectivity index (χ0v) is 8.91. The first-order chi connectivity index (χ1) is 8.25. The van der Waals surface area contributed by atoms with Crippen molar-refractivity contribution in [2.45, 2.75) is 0 Å². The average molecular weight is 225 g/mol. The van der Waals surface area contributed by atoms with Gasteiger partial charge in [0.25, 0.3) is 0 Å². The largest absolute Gasteiger partial charge is 0.386 e. The Morgan fingerprint density at radius 2 is 1.29 bits per heavy atom. The second kappa shape index (κ2) is 5.03. The van der Waals surface area contributed by atoms with Crippen molar-refractivity contribution < 1.29 is 9.90 Å². The molecule has 1 radical (unpaired) electrons. The molecule has 0 amide bonds. The summed E-state index contributed by atoms with van der Waals surface area (Å²) >= 11 is 0. The minimum atomic E-state index is -1.20. The van der Waals surface area contributed by atoms with Crippen molar-refractivity contribution >= 4 is 17.3 Å². The van der Waals surface area contributed by atoms with Gasteiger partial charge in [-0.15, -0.1) is 0 Å². The van der Waals surface area contributed by atoms with Crippen molar-refractivity contribution in [3.8, 4) is 0 Å². The molecule has 0 aliphatic rings. The quantitative estimate of drug-likeness (QED) is 0.735. The third-order valence-corrected chi connectivity index (χ3v) is 2.14. The van der Waals surface area contributed by atoms with Gasteiger partial charge in [0.15, 0.2) is 0 Å². The Morgan fingerprint density at radius 3 is 1.82 bits per heavy atom. The predicted molar refractivity (Wildman–Crippen MR) is 62.1 cm³/mol. The van der Waals surface area contributed by atoms with Crippen molar-refractivity contribution in [3.63, 3.8) is 0 Å². The molecule has 0 bridgehead atoms. The van der Waals surface area contributed by atoms with Gasteiger partial charge in [-0.2, -0.15) is 10.2 Å². The van der Waals surface area contributed by atoms with E-state index in [1.54, 1.807) is 12.1 Å². The second-order valence-corrected chi connectivity index (χ2v) is 3.37. The Kier molecular flexibility index (Phi) is 3.25.